The minimum atomic E-state index is -0.222. The van der Waals surface area contributed by atoms with Crippen LogP contribution in [-0.2, 0) is 12.0 Å². The molecule has 5 rings (SSSR count). The lowest BCUT2D eigenvalue weighted by atomic mass is 9.72. The van der Waals surface area contributed by atoms with Crippen molar-refractivity contribution in [2.24, 2.45) is 0 Å². The van der Waals surface area contributed by atoms with Crippen molar-refractivity contribution in [2.45, 2.75) is 37.6 Å². The van der Waals surface area contributed by atoms with Crippen LogP contribution < -0.4 is 5.32 Å². The number of urea groups is 1. The number of allylic oxidation sites excluding steroid dienone is 3. The Balaban J connectivity index is 1.40. The van der Waals surface area contributed by atoms with Gasteiger partial charge in [0.15, 0.2) is 0 Å². The van der Waals surface area contributed by atoms with E-state index < -0.39 is 0 Å². The smallest absolute Gasteiger partial charge is 0.321 e. The molecule has 0 saturated carbocycles. The second-order valence-electron chi connectivity index (χ2n) is 8.87. The zero-order valence-corrected chi connectivity index (χ0v) is 18.9. The number of nitrogens with zero attached hydrogens (tertiary/aromatic N) is 3. The summed E-state index contributed by atoms with van der Waals surface area (Å²) in [5.41, 5.74) is 3.21. The van der Waals surface area contributed by atoms with Gasteiger partial charge >= 0.3 is 6.03 Å². The molecule has 0 unspecified atom stereocenters. The molecule has 1 fully saturated rings. The summed E-state index contributed by atoms with van der Waals surface area (Å²) in [5.74, 6) is 1.08. The molecule has 2 aliphatic rings. The van der Waals surface area contributed by atoms with Gasteiger partial charge < -0.3 is 14.8 Å². The summed E-state index contributed by atoms with van der Waals surface area (Å²) < 4.78 is 2.27. The maximum Gasteiger partial charge on any atom is 0.321 e. The Labute approximate surface area is 195 Å². The fraction of sp³-hybridized carbons (Fsp3) is 0.286. The van der Waals surface area contributed by atoms with E-state index >= 15 is 0 Å². The second kappa shape index (κ2) is 9.49. The van der Waals surface area contributed by atoms with Crippen LogP contribution in [0.4, 0.5) is 4.79 Å². The molecule has 1 aromatic heterocycles. The van der Waals surface area contributed by atoms with Crippen LogP contribution in [0.2, 0.25) is 0 Å². The standard InChI is InChI=1S/C28H30N4O/c33-27(30-25-14-8-3-9-15-25)31-19-16-28(17-20-31,24-12-6-2-7-13-24)26-29-18-21-32(26)22-23-10-4-1-5-11-23/h1-2,4-8,10-15,18,21H,3,9,16-17,19-20,22H2,(H,30,33). The average Bonchev–Trinajstić information content (AvgIpc) is 3.34. The van der Waals surface area contributed by atoms with Gasteiger partial charge in [-0.15, -0.1) is 0 Å². The van der Waals surface area contributed by atoms with E-state index in [4.69, 9.17) is 4.98 Å². The van der Waals surface area contributed by atoms with E-state index in [-0.39, 0.29) is 11.4 Å². The lowest BCUT2D eigenvalue weighted by molar-refractivity contribution is 0.167. The van der Waals surface area contributed by atoms with Gasteiger partial charge in [-0.3, -0.25) is 0 Å². The Morgan fingerprint density at radius 1 is 0.970 bits per heavy atom. The fourth-order valence-electron chi connectivity index (χ4n) is 5.03. The van der Waals surface area contributed by atoms with E-state index in [1.807, 2.05) is 23.2 Å². The molecule has 1 aliphatic heterocycles. The monoisotopic (exact) mass is 438 g/mol. The molecular formula is C28H30N4O. The van der Waals surface area contributed by atoms with Crippen LogP contribution in [0, 0.1) is 0 Å². The molecule has 1 saturated heterocycles. The SMILES string of the molecule is O=C(NC1=CCCC=C1)N1CCC(c2ccccc2)(c2nccn2Cc2ccccc2)CC1. The highest BCUT2D eigenvalue weighted by Gasteiger charge is 2.42. The highest BCUT2D eigenvalue weighted by molar-refractivity contribution is 5.77. The number of imidazole rings is 1. The number of carbonyl (C=O) groups is 1. The third kappa shape index (κ3) is 4.49. The molecule has 5 heteroatoms. The van der Waals surface area contributed by atoms with Gasteiger partial charge in [0, 0.05) is 37.7 Å². The first-order valence-corrected chi connectivity index (χ1v) is 11.8. The van der Waals surface area contributed by atoms with Crippen molar-refractivity contribution < 1.29 is 4.79 Å². The first-order chi connectivity index (χ1) is 16.2. The van der Waals surface area contributed by atoms with Crippen molar-refractivity contribution in [3.63, 3.8) is 0 Å². The molecule has 0 radical (unpaired) electrons. The molecule has 2 aromatic carbocycles. The Kier molecular flexibility index (Phi) is 6.11. The number of aromatic nitrogens is 2. The molecule has 1 N–H and O–H groups in total. The van der Waals surface area contributed by atoms with Gasteiger partial charge in [-0.1, -0.05) is 72.8 Å². The molecule has 0 spiro atoms. The van der Waals surface area contributed by atoms with Crippen molar-refractivity contribution in [1.29, 1.82) is 0 Å². The molecule has 2 heterocycles. The number of nitrogens with one attached hydrogen (secondary N) is 1. The van der Waals surface area contributed by atoms with E-state index in [1.165, 1.54) is 11.1 Å². The quantitative estimate of drug-likeness (QED) is 0.591. The van der Waals surface area contributed by atoms with E-state index in [1.54, 1.807) is 0 Å². The number of amides is 2. The first kappa shape index (κ1) is 21.3. The van der Waals surface area contributed by atoms with Gasteiger partial charge in [0.05, 0.1) is 5.41 Å². The van der Waals surface area contributed by atoms with E-state index in [2.05, 4.69) is 82.8 Å². The van der Waals surface area contributed by atoms with Gasteiger partial charge in [0.1, 0.15) is 5.82 Å². The molecule has 5 nitrogen and oxygen atoms in total. The average molecular weight is 439 g/mol. The Hall–Kier alpha value is -3.60. The van der Waals surface area contributed by atoms with Crippen LogP contribution in [0.25, 0.3) is 0 Å². The number of rotatable bonds is 5. The number of piperidine rings is 1. The molecule has 0 atom stereocenters. The van der Waals surface area contributed by atoms with Crippen molar-refractivity contribution in [3.05, 3.63) is 114 Å². The van der Waals surface area contributed by atoms with Crippen LogP contribution in [0.1, 0.15) is 42.6 Å². The van der Waals surface area contributed by atoms with E-state index in [9.17, 15) is 4.79 Å². The summed E-state index contributed by atoms with van der Waals surface area (Å²) in [7, 11) is 0. The van der Waals surface area contributed by atoms with Gasteiger partial charge in [-0.2, -0.15) is 0 Å². The lowest BCUT2D eigenvalue weighted by Crippen LogP contribution is -2.49. The van der Waals surface area contributed by atoms with Crippen LogP contribution in [-0.4, -0.2) is 33.6 Å². The minimum Gasteiger partial charge on any atom is -0.330 e. The zero-order valence-electron chi connectivity index (χ0n) is 18.9. The van der Waals surface area contributed by atoms with Gasteiger partial charge in [0.2, 0.25) is 0 Å². The number of hydrogen-bond donors (Lipinski definition) is 1. The Bertz CT molecular complexity index is 1140. The molecule has 33 heavy (non-hydrogen) atoms. The summed E-state index contributed by atoms with van der Waals surface area (Å²) >= 11 is 0. The predicted octanol–water partition coefficient (Wildman–Crippen LogP) is 5.26. The molecular weight excluding hydrogens is 408 g/mol. The highest BCUT2D eigenvalue weighted by Crippen LogP contribution is 2.41. The van der Waals surface area contributed by atoms with Crippen LogP contribution in [0.15, 0.2) is 97.0 Å². The van der Waals surface area contributed by atoms with Crippen LogP contribution >= 0.6 is 0 Å². The topological polar surface area (TPSA) is 50.2 Å². The third-order valence-corrected chi connectivity index (χ3v) is 6.82. The number of likely N-dealkylation sites (tertiary alicyclic amines) is 1. The van der Waals surface area contributed by atoms with Crippen LogP contribution in [0.5, 0.6) is 0 Å². The van der Waals surface area contributed by atoms with Crippen molar-refractivity contribution in [2.75, 3.05) is 13.1 Å². The predicted molar refractivity (Wildman–Crippen MR) is 131 cm³/mol. The fourth-order valence-corrected chi connectivity index (χ4v) is 5.03. The summed E-state index contributed by atoms with van der Waals surface area (Å²) in [6.45, 7) is 2.17. The zero-order chi connectivity index (χ0) is 22.5. The van der Waals surface area contributed by atoms with Gasteiger partial charge in [0.25, 0.3) is 0 Å². The Morgan fingerprint density at radius 2 is 1.70 bits per heavy atom. The number of carbonyl (C=O) groups excluding carboxylic acids is 1. The van der Waals surface area contributed by atoms with E-state index in [0.717, 1.165) is 43.7 Å². The minimum absolute atomic E-state index is 0.0120. The van der Waals surface area contributed by atoms with Crippen molar-refractivity contribution in [1.82, 2.24) is 19.8 Å². The first-order valence-electron chi connectivity index (χ1n) is 11.8. The van der Waals surface area contributed by atoms with Crippen molar-refractivity contribution in [3.8, 4) is 0 Å². The normalized spacial score (nSPS) is 17.5. The number of benzene rings is 2. The molecule has 1 aliphatic carbocycles. The van der Waals surface area contributed by atoms with E-state index in [0.29, 0.717) is 13.1 Å². The lowest BCUT2D eigenvalue weighted by Gasteiger charge is -2.42. The van der Waals surface area contributed by atoms with Crippen LogP contribution in [0.3, 0.4) is 0 Å². The number of hydrogen-bond acceptors (Lipinski definition) is 2. The summed E-state index contributed by atoms with van der Waals surface area (Å²) in [4.78, 5) is 19.7. The maximum absolute atomic E-state index is 12.9. The largest absolute Gasteiger partial charge is 0.330 e. The molecule has 168 valence electrons. The van der Waals surface area contributed by atoms with Crippen molar-refractivity contribution >= 4 is 6.03 Å². The molecule has 0 bridgehead atoms. The molecule has 2 amide bonds. The second-order valence-corrected chi connectivity index (χ2v) is 8.87. The third-order valence-electron chi connectivity index (χ3n) is 6.82. The van der Waals surface area contributed by atoms with Gasteiger partial charge in [-0.25, -0.2) is 9.78 Å². The maximum atomic E-state index is 12.9. The molecule has 3 aromatic rings. The summed E-state index contributed by atoms with van der Waals surface area (Å²) in [6, 6.07) is 21.2. The summed E-state index contributed by atoms with van der Waals surface area (Å²) in [6.07, 6.45) is 13.9. The highest BCUT2D eigenvalue weighted by atomic mass is 16.2. The summed E-state index contributed by atoms with van der Waals surface area (Å²) in [5, 5.41) is 3.07. The van der Waals surface area contributed by atoms with Gasteiger partial charge in [-0.05, 0) is 42.9 Å². The Morgan fingerprint density at radius 3 is 2.39 bits per heavy atom.